The van der Waals surface area contributed by atoms with Crippen LogP contribution in [0.5, 0.6) is 11.5 Å². The summed E-state index contributed by atoms with van der Waals surface area (Å²) in [6.45, 7) is 0. The number of hydrogen-bond acceptors (Lipinski definition) is 5. The molecule has 1 aliphatic heterocycles. The van der Waals surface area contributed by atoms with Crippen molar-refractivity contribution in [3.63, 3.8) is 0 Å². The maximum absolute atomic E-state index is 13.0. The summed E-state index contributed by atoms with van der Waals surface area (Å²) in [6, 6.07) is 24.4. The van der Waals surface area contributed by atoms with E-state index in [0.717, 1.165) is 0 Å². The van der Waals surface area contributed by atoms with Gasteiger partial charge in [-0.2, -0.15) is 0 Å². The quantitative estimate of drug-likeness (QED) is 0.508. The van der Waals surface area contributed by atoms with E-state index in [-0.39, 0.29) is 17.2 Å². The Morgan fingerprint density at radius 2 is 1.56 bits per heavy atom. The van der Waals surface area contributed by atoms with Crippen LogP contribution in [0.15, 0.2) is 90.6 Å². The topological polar surface area (TPSA) is 102 Å². The van der Waals surface area contributed by atoms with Gasteiger partial charge in [0.1, 0.15) is 17.2 Å². The molecule has 1 heterocycles. The molecular formula is C26H24N2O5S. The first-order valence-electron chi connectivity index (χ1n) is 10.8. The maximum Gasteiger partial charge on any atom is 0.268 e. The molecule has 3 aromatic carbocycles. The standard InChI is InChI=1S/C26H24N2O5S/c29-25(20-9-3-1-4-10-20)28-24(26(30)27-21-14-15-34(31,32)18-21)17-19-8-7-13-23(16-19)33-22-11-5-2-6-12-22/h1-13,16-17,21H,14-15,18H2,(H,27,30)(H,28,29)/b24-17-/t21-/m1/s1. The molecule has 3 aromatic rings. The summed E-state index contributed by atoms with van der Waals surface area (Å²) in [5.41, 5.74) is 1.03. The highest BCUT2D eigenvalue weighted by molar-refractivity contribution is 7.91. The van der Waals surface area contributed by atoms with Gasteiger partial charge in [0, 0.05) is 11.6 Å². The van der Waals surface area contributed by atoms with Crippen molar-refractivity contribution in [1.82, 2.24) is 10.6 Å². The number of sulfone groups is 1. The van der Waals surface area contributed by atoms with Crippen molar-refractivity contribution in [3.8, 4) is 11.5 Å². The van der Waals surface area contributed by atoms with E-state index in [2.05, 4.69) is 10.6 Å². The van der Waals surface area contributed by atoms with Crippen LogP contribution in [0.25, 0.3) is 6.08 Å². The molecule has 0 saturated carbocycles. The Morgan fingerprint density at radius 3 is 2.24 bits per heavy atom. The van der Waals surface area contributed by atoms with E-state index < -0.39 is 27.7 Å². The molecule has 174 valence electrons. The molecule has 0 radical (unpaired) electrons. The van der Waals surface area contributed by atoms with Gasteiger partial charge in [-0.25, -0.2) is 8.42 Å². The normalized spacial score (nSPS) is 17.1. The van der Waals surface area contributed by atoms with Crippen LogP contribution in [0.3, 0.4) is 0 Å². The van der Waals surface area contributed by atoms with Gasteiger partial charge < -0.3 is 15.4 Å². The number of hydrogen-bond donors (Lipinski definition) is 2. The Kier molecular flexibility index (Phi) is 7.08. The maximum atomic E-state index is 13.0. The number of carbonyl (C=O) groups is 2. The molecule has 4 rings (SSSR count). The number of ether oxygens (including phenoxy) is 1. The first-order chi connectivity index (χ1) is 16.4. The fourth-order valence-electron chi connectivity index (χ4n) is 3.57. The van der Waals surface area contributed by atoms with Crippen LogP contribution < -0.4 is 15.4 Å². The van der Waals surface area contributed by atoms with Crippen LogP contribution in [0.2, 0.25) is 0 Å². The summed E-state index contributed by atoms with van der Waals surface area (Å²) >= 11 is 0. The summed E-state index contributed by atoms with van der Waals surface area (Å²) in [4.78, 5) is 25.8. The summed E-state index contributed by atoms with van der Waals surface area (Å²) in [6.07, 6.45) is 1.88. The third kappa shape index (κ3) is 6.32. The second-order valence-corrected chi connectivity index (χ2v) is 10.2. The molecule has 0 bridgehead atoms. The molecule has 0 aliphatic carbocycles. The van der Waals surface area contributed by atoms with Gasteiger partial charge in [0.2, 0.25) is 0 Å². The second kappa shape index (κ2) is 10.4. The average Bonchev–Trinajstić information content (AvgIpc) is 3.18. The summed E-state index contributed by atoms with van der Waals surface area (Å²) in [5.74, 6) is 0.154. The third-order valence-electron chi connectivity index (χ3n) is 5.24. The minimum atomic E-state index is -3.17. The highest BCUT2D eigenvalue weighted by Gasteiger charge is 2.30. The van der Waals surface area contributed by atoms with Gasteiger partial charge >= 0.3 is 0 Å². The van der Waals surface area contributed by atoms with E-state index in [4.69, 9.17) is 4.74 Å². The number of amides is 2. The predicted octanol–water partition coefficient (Wildman–Crippen LogP) is 3.55. The van der Waals surface area contributed by atoms with Gasteiger partial charge in [0.05, 0.1) is 11.5 Å². The molecule has 1 aliphatic rings. The average molecular weight is 477 g/mol. The van der Waals surface area contributed by atoms with Crippen LogP contribution in [-0.2, 0) is 14.6 Å². The smallest absolute Gasteiger partial charge is 0.268 e. The Labute approximate surface area is 198 Å². The zero-order valence-corrected chi connectivity index (χ0v) is 19.1. The van der Waals surface area contributed by atoms with Crippen molar-refractivity contribution in [1.29, 1.82) is 0 Å². The number of benzene rings is 3. The lowest BCUT2D eigenvalue weighted by atomic mass is 10.1. The lowest BCUT2D eigenvalue weighted by Gasteiger charge is -2.15. The first-order valence-corrected chi connectivity index (χ1v) is 12.6. The summed E-state index contributed by atoms with van der Waals surface area (Å²) in [5, 5.41) is 5.40. The van der Waals surface area contributed by atoms with Crippen LogP contribution in [0.1, 0.15) is 22.3 Å². The number of para-hydroxylation sites is 1. The van der Waals surface area contributed by atoms with Crippen LogP contribution in [-0.4, -0.2) is 37.8 Å². The van der Waals surface area contributed by atoms with Crippen LogP contribution in [0.4, 0.5) is 0 Å². The largest absolute Gasteiger partial charge is 0.457 e. The van der Waals surface area contributed by atoms with E-state index in [1.54, 1.807) is 54.6 Å². The Morgan fingerprint density at radius 1 is 0.882 bits per heavy atom. The fourth-order valence-corrected chi connectivity index (χ4v) is 5.25. The van der Waals surface area contributed by atoms with Crippen LogP contribution >= 0.6 is 0 Å². The Balaban J connectivity index is 1.58. The minimum Gasteiger partial charge on any atom is -0.457 e. The Bertz CT molecular complexity index is 1310. The second-order valence-electron chi connectivity index (χ2n) is 7.94. The van der Waals surface area contributed by atoms with E-state index in [1.165, 1.54) is 6.08 Å². The van der Waals surface area contributed by atoms with Crippen molar-refractivity contribution in [3.05, 3.63) is 102 Å². The van der Waals surface area contributed by atoms with Crippen molar-refractivity contribution in [2.75, 3.05) is 11.5 Å². The molecule has 1 atom stereocenters. The first kappa shape index (κ1) is 23.3. The fraction of sp³-hybridized carbons (Fsp3) is 0.154. The lowest BCUT2D eigenvalue weighted by Crippen LogP contribution is -2.41. The van der Waals surface area contributed by atoms with Gasteiger partial charge in [-0.05, 0) is 54.5 Å². The van der Waals surface area contributed by atoms with E-state index in [9.17, 15) is 18.0 Å². The Hall–Kier alpha value is -3.91. The number of carbonyl (C=O) groups excluding carboxylic acids is 2. The molecule has 2 N–H and O–H groups in total. The minimum absolute atomic E-state index is 0.00927. The van der Waals surface area contributed by atoms with E-state index in [1.807, 2.05) is 30.3 Å². The van der Waals surface area contributed by atoms with Gasteiger partial charge in [0.25, 0.3) is 11.8 Å². The molecule has 0 unspecified atom stereocenters. The molecular weight excluding hydrogens is 452 g/mol. The van der Waals surface area contributed by atoms with E-state index in [0.29, 0.717) is 29.0 Å². The molecule has 0 aromatic heterocycles. The molecule has 8 heteroatoms. The van der Waals surface area contributed by atoms with Crippen LogP contribution in [0, 0.1) is 0 Å². The zero-order chi connectivity index (χ0) is 24.0. The molecule has 2 amide bonds. The number of rotatable bonds is 7. The highest BCUT2D eigenvalue weighted by Crippen LogP contribution is 2.23. The molecule has 34 heavy (non-hydrogen) atoms. The zero-order valence-electron chi connectivity index (χ0n) is 18.3. The van der Waals surface area contributed by atoms with Crippen molar-refractivity contribution >= 4 is 27.7 Å². The van der Waals surface area contributed by atoms with Gasteiger partial charge in [-0.3, -0.25) is 9.59 Å². The summed E-state index contributed by atoms with van der Waals surface area (Å²) in [7, 11) is -3.17. The van der Waals surface area contributed by atoms with Gasteiger partial charge in [0.15, 0.2) is 9.84 Å². The third-order valence-corrected chi connectivity index (χ3v) is 7.01. The SMILES string of the molecule is O=C(N[C@@H]1CCS(=O)(=O)C1)/C(=C/c1cccc(Oc2ccccc2)c1)NC(=O)c1ccccc1. The molecule has 1 fully saturated rings. The van der Waals surface area contributed by atoms with E-state index >= 15 is 0 Å². The summed E-state index contributed by atoms with van der Waals surface area (Å²) < 4.78 is 29.4. The van der Waals surface area contributed by atoms with Crippen molar-refractivity contribution < 1.29 is 22.7 Å². The van der Waals surface area contributed by atoms with Crippen molar-refractivity contribution in [2.24, 2.45) is 0 Å². The van der Waals surface area contributed by atoms with Crippen molar-refractivity contribution in [2.45, 2.75) is 12.5 Å². The monoisotopic (exact) mass is 476 g/mol. The molecule has 0 spiro atoms. The number of nitrogens with one attached hydrogen (secondary N) is 2. The lowest BCUT2D eigenvalue weighted by molar-refractivity contribution is -0.118. The molecule has 1 saturated heterocycles. The van der Waals surface area contributed by atoms with Gasteiger partial charge in [-0.15, -0.1) is 0 Å². The molecule has 7 nitrogen and oxygen atoms in total. The van der Waals surface area contributed by atoms with Gasteiger partial charge in [-0.1, -0.05) is 48.5 Å². The predicted molar refractivity (Wildman–Crippen MR) is 130 cm³/mol. The highest BCUT2D eigenvalue weighted by atomic mass is 32.2.